The van der Waals surface area contributed by atoms with Crippen LogP contribution >= 0.6 is 0 Å². The third-order valence-electron chi connectivity index (χ3n) is 3.65. The Hall–Kier alpha value is -3.48. The minimum atomic E-state index is -0.152. The van der Waals surface area contributed by atoms with Gasteiger partial charge < -0.3 is 15.4 Å². The monoisotopic (exact) mass is 349 g/mol. The van der Waals surface area contributed by atoms with Crippen LogP contribution in [0, 0.1) is 0 Å². The van der Waals surface area contributed by atoms with Gasteiger partial charge >= 0.3 is 0 Å². The Kier molecular flexibility index (Phi) is 5.72. The molecule has 2 N–H and O–H groups in total. The van der Waals surface area contributed by atoms with E-state index in [-0.39, 0.29) is 12.3 Å². The van der Waals surface area contributed by atoms with Crippen molar-refractivity contribution >= 4 is 17.5 Å². The molecule has 0 aliphatic rings. The maximum Gasteiger partial charge on any atom is 0.229 e. The first kappa shape index (κ1) is 17.3. The molecule has 7 heteroatoms. The molecular formula is C19H19N5O2. The first-order chi connectivity index (χ1) is 12.7. The summed E-state index contributed by atoms with van der Waals surface area (Å²) in [5, 5.41) is 14.0. The Balaban J connectivity index is 1.50. The van der Waals surface area contributed by atoms with Gasteiger partial charge in [0.15, 0.2) is 5.82 Å². The summed E-state index contributed by atoms with van der Waals surface area (Å²) in [5.41, 5.74) is 1.94. The van der Waals surface area contributed by atoms with Crippen LogP contribution in [0.5, 0.6) is 5.75 Å². The van der Waals surface area contributed by atoms with Crippen LogP contribution in [0.15, 0.2) is 60.9 Å². The summed E-state index contributed by atoms with van der Waals surface area (Å²) in [6.45, 7) is 0.603. The van der Waals surface area contributed by atoms with Crippen LogP contribution in [0.3, 0.4) is 0 Å². The van der Waals surface area contributed by atoms with Crippen LogP contribution in [0.1, 0.15) is 11.1 Å². The van der Waals surface area contributed by atoms with E-state index in [0.29, 0.717) is 18.2 Å². The number of methoxy groups -OCH3 is 1. The van der Waals surface area contributed by atoms with E-state index in [0.717, 1.165) is 16.9 Å². The van der Waals surface area contributed by atoms with Gasteiger partial charge in [-0.25, -0.2) is 0 Å². The van der Waals surface area contributed by atoms with Crippen LogP contribution in [0.4, 0.5) is 11.6 Å². The highest BCUT2D eigenvalue weighted by molar-refractivity contribution is 5.91. The van der Waals surface area contributed by atoms with E-state index < -0.39 is 0 Å². The predicted octanol–water partition coefficient (Wildman–Crippen LogP) is 2.67. The number of nitrogens with one attached hydrogen (secondary N) is 2. The molecule has 2 heterocycles. The summed E-state index contributed by atoms with van der Waals surface area (Å²) < 4.78 is 5.10. The Morgan fingerprint density at radius 3 is 2.42 bits per heavy atom. The molecule has 0 aliphatic carbocycles. The quantitative estimate of drug-likeness (QED) is 0.682. The number of hydrogen-bond acceptors (Lipinski definition) is 6. The number of carbonyl (C=O) groups is 1. The predicted molar refractivity (Wildman–Crippen MR) is 98.9 cm³/mol. The summed E-state index contributed by atoms with van der Waals surface area (Å²) in [6, 6.07) is 14.7. The lowest BCUT2D eigenvalue weighted by atomic mass is 10.1. The number of ether oxygens (including phenoxy) is 1. The second-order valence-electron chi connectivity index (χ2n) is 5.59. The van der Waals surface area contributed by atoms with Crippen molar-refractivity contribution in [1.82, 2.24) is 15.2 Å². The molecule has 1 aromatic carbocycles. The van der Waals surface area contributed by atoms with Gasteiger partial charge in [-0.3, -0.25) is 9.78 Å². The number of hydrogen-bond donors (Lipinski definition) is 2. The zero-order valence-electron chi connectivity index (χ0n) is 14.3. The lowest BCUT2D eigenvalue weighted by Crippen LogP contribution is -2.16. The molecule has 3 rings (SSSR count). The Morgan fingerprint density at radius 2 is 1.77 bits per heavy atom. The van der Waals surface area contributed by atoms with Gasteiger partial charge in [0.2, 0.25) is 5.91 Å². The van der Waals surface area contributed by atoms with E-state index in [1.54, 1.807) is 31.6 Å². The molecule has 132 valence electrons. The minimum absolute atomic E-state index is 0.152. The smallest absolute Gasteiger partial charge is 0.229 e. The van der Waals surface area contributed by atoms with Crippen LogP contribution < -0.4 is 15.4 Å². The molecule has 0 saturated heterocycles. The van der Waals surface area contributed by atoms with E-state index in [4.69, 9.17) is 4.74 Å². The molecule has 3 aromatic rings. The van der Waals surface area contributed by atoms with E-state index >= 15 is 0 Å². The molecule has 0 bridgehead atoms. The summed E-state index contributed by atoms with van der Waals surface area (Å²) >= 11 is 0. The maximum absolute atomic E-state index is 12.1. The number of carbonyl (C=O) groups excluding carboxylic acids is 1. The highest BCUT2D eigenvalue weighted by Gasteiger charge is 2.06. The Labute approximate surface area is 151 Å². The van der Waals surface area contributed by atoms with Crippen molar-refractivity contribution in [3.63, 3.8) is 0 Å². The van der Waals surface area contributed by atoms with Crippen molar-refractivity contribution in [2.24, 2.45) is 0 Å². The van der Waals surface area contributed by atoms with Crippen LogP contribution in [0.2, 0.25) is 0 Å². The number of amides is 1. The Bertz CT molecular complexity index is 836. The van der Waals surface area contributed by atoms with Crippen molar-refractivity contribution in [2.75, 3.05) is 17.7 Å². The molecule has 0 saturated carbocycles. The number of pyridine rings is 1. The zero-order chi connectivity index (χ0) is 18.2. The SMILES string of the molecule is COc1ccc(CC(=O)Nc2ccc(NCc3cccnc3)nn2)cc1. The molecule has 0 aliphatic heterocycles. The minimum Gasteiger partial charge on any atom is -0.497 e. The van der Waals surface area contributed by atoms with E-state index in [1.807, 2.05) is 36.4 Å². The number of anilines is 2. The first-order valence-electron chi connectivity index (χ1n) is 8.12. The Morgan fingerprint density at radius 1 is 1.00 bits per heavy atom. The van der Waals surface area contributed by atoms with Gasteiger partial charge in [0.25, 0.3) is 0 Å². The van der Waals surface area contributed by atoms with Gasteiger partial charge in [-0.2, -0.15) is 0 Å². The molecule has 0 radical (unpaired) electrons. The molecule has 1 amide bonds. The third kappa shape index (κ3) is 5.01. The average molecular weight is 349 g/mol. The van der Waals surface area contributed by atoms with Crippen LogP contribution in [0.25, 0.3) is 0 Å². The maximum atomic E-state index is 12.1. The highest BCUT2D eigenvalue weighted by Crippen LogP contribution is 2.13. The molecule has 7 nitrogen and oxygen atoms in total. The lowest BCUT2D eigenvalue weighted by molar-refractivity contribution is -0.115. The second kappa shape index (κ2) is 8.57. The summed E-state index contributed by atoms with van der Waals surface area (Å²) in [7, 11) is 1.61. The molecule has 0 fully saturated rings. The summed E-state index contributed by atoms with van der Waals surface area (Å²) in [4.78, 5) is 16.2. The van der Waals surface area contributed by atoms with E-state index in [9.17, 15) is 4.79 Å². The standard InChI is InChI=1S/C19H19N5O2/c1-26-16-6-4-14(5-7-16)11-19(25)22-18-9-8-17(23-24-18)21-13-15-3-2-10-20-12-15/h2-10,12H,11,13H2,1H3,(H,21,23)(H,22,24,25). The number of rotatable bonds is 7. The van der Waals surface area contributed by atoms with Crippen molar-refractivity contribution in [2.45, 2.75) is 13.0 Å². The van der Waals surface area contributed by atoms with Crippen LogP contribution in [-0.2, 0) is 17.8 Å². The molecule has 0 unspecified atom stereocenters. The van der Waals surface area contributed by atoms with Gasteiger partial charge in [0.1, 0.15) is 11.6 Å². The number of benzene rings is 1. The van der Waals surface area contributed by atoms with Gasteiger partial charge in [-0.15, -0.1) is 10.2 Å². The van der Waals surface area contributed by atoms with Gasteiger partial charge in [0, 0.05) is 18.9 Å². The topological polar surface area (TPSA) is 89.0 Å². The fourth-order valence-electron chi connectivity index (χ4n) is 2.30. The molecule has 2 aromatic heterocycles. The van der Waals surface area contributed by atoms with Crippen molar-refractivity contribution in [1.29, 1.82) is 0 Å². The third-order valence-corrected chi connectivity index (χ3v) is 3.65. The molecule has 0 atom stereocenters. The summed E-state index contributed by atoms with van der Waals surface area (Å²) in [5.74, 6) is 1.65. The summed E-state index contributed by atoms with van der Waals surface area (Å²) in [6.07, 6.45) is 3.77. The van der Waals surface area contributed by atoms with E-state index in [1.165, 1.54) is 0 Å². The van der Waals surface area contributed by atoms with Crippen molar-refractivity contribution < 1.29 is 9.53 Å². The zero-order valence-corrected chi connectivity index (χ0v) is 14.3. The van der Waals surface area contributed by atoms with Crippen molar-refractivity contribution in [3.05, 3.63) is 72.1 Å². The number of nitrogens with zero attached hydrogens (tertiary/aromatic N) is 3. The van der Waals surface area contributed by atoms with Crippen LogP contribution in [-0.4, -0.2) is 28.2 Å². The molecule has 26 heavy (non-hydrogen) atoms. The van der Waals surface area contributed by atoms with Gasteiger partial charge in [-0.1, -0.05) is 18.2 Å². The second-order valence-corrected chi connectivity index (χ2v) is 5.59. The average Bonchev–Trinajstić information content (AvgIpc) is 2.69. The van der Waals surface area contributed by atoms with E-state index in [2.05, 4.69) is 25.8 Å². The fraction of sp³-hybridized carbons (Fsp3) is 0.158. The van der Waals surface area contributed by atoms with Crippen molar-refractivity contribution in [3.8, 4) is 5.75 Å². The largest absolute Gasteiger partial charge is 0.497 e. The number of aromatic nitrogens is 3. The molecular weight excluding hydrogens is 330 g/mol. The van der Waals surface area contributed by atoms with Gasteiger partial charge in [-0.05, 0) is 41.5 Å². The fourth-order valence-corrected chi connectivity index (χ4v) is 2.30. The molecule has 0 spiro atoms. The first-order valence-corrected chi connectivity index (χ1v) is 8.12. The van der Waals surface area contributed by atoms with Gasteiger partial charge in [0.05, 0.1) is 13.5 Å². The normalized spacial score (nSPS) is 10.2. The highest BCUT2D eigenvalue weighted by atomic mass is 16.5. The lowest BCUT2D eigenvalue weighted by Gasteiger charge is -2.07.